The van der Waals surface area contributed by atoms with Gasteiger partial charge in [0.15, 0.2) is 5.82 Å². The lowest BCUT2D eigenvalue weighted by Crippen LogP contribution is -2.29. The van der Waals surface area contributed by atoms with Crippen LogP contribution in [-0.2, 0) is 7.05 Å². The number of aliphatic hydroxyl groups excluding tert-OH is 1. The second-order valence-corrected chi connectivity index (χ2v) is 5.72. The predicted molar refractivity (Wildman–Crippen MR) is 84.2 cm³/mol. The van der Waals surface area contributed by atoms with E-state index in [2.05, 4.69) is 15.4 Å². The van der Waals surface area contributed by atoms with E-state index >= 15 is 0 Å². The van der Waals surface area contributed by atoms with Crippen molar-refractivity contribution in [3.8, 4) is 11.4 Å². The standard InChI is InChI=1S/C16H22N4O2/c1-11(8-12(2)21)9-17-16(22)14-6-4-13(5-7-14)15-18-10-20(3)19-15/h4-7,10-12,21H,8-9H2,1-3H3,(H,17,22). The Kier molecular flexibility index (Phi) is 5.27. The monoisotopic (exact) mass is 302 g/mol. The topological polar surface area (TPSA) is 80.0 Å². The number of aromatic nitrogens is 3. The smallest absolute Gasteiger partial charge is 0.251 e. The van der Waals surface area contributed by atoms with Crippen LogP contribution in [0.25, 0.3) is 11.4 Å². The van der Waals surface area contributed by atoms with E-state index in [0.717, 1.165) is 5.56 Å². The van der Waals surface area contributed by atoms with Gasteiger partial charge in [0.25, 0.3) is 5.91 Å². The van der Waals surface area contributed by atoms with E-state index in [1.807, 2.05) is 26.1 Å². The van der Waals surface area contributed by atoms with E-state index in [1.54, 1.807) is 30.1 Å². The number of nitrogens with zero attached hydrogens (tertiary/aromatic N) is 3. The summed E-state index contributed by atoms with van der Waals surface area (Å²) in [7, 11) is 1.81. The summed E-state index contributed by atoms with van der Waals surface area (Å²) in [4.78, 5) is 16.3. The van der Waals surface area contributed by atoms with Crippen LogP contribution in [0.1, 0.15) is 30.6 Å². The molecule has 2 atom stereocenters. The molecular formula is C16H22N4O2. The third kappa shape index (κ3) is 4.39. The third-order valence-electron chi connectivity index (χ3n) is 3.36. The van der Waals surface area contributed by atoms with Crippen LogP contribution in [-0.4, -0.2) is 38.4 Å². The minimum atomic E-state index is -0.350. The van der Waals surface area contributed by atoms with Gasteiger partial charge in [0.2, 0.25) is 0 Å². The summed E-state index contributed by atoms with van der Waals surface area (Å²) in [6.45, 7) is 4.30. The van der Waals surface area contributed by atoms with Gasteiger partial charge in [-0.3, -0.25) is 9.48 Å². The molecule has 0 aliphatic heterocycles. The number of aryl methyl sites for hydroxylation is 1. The van der Waals surface area contributed by atoms with Crippen LogP contribution < -0.4 is 5.32 Å². The highest BCUT2D eigenvalue weighted by atomic mass is 16.3. The Balaban J connectivity index is 1.94. The molecular weight excluding hydrogens is 280 g/mol. The fourth-order valence-corrected chi connectivity index (χ4v) is 2.28. The molecule has 1 aromatic carbocycles. The molecule has 0 saturated carbocycles. The van der Waals surface area contributed by atoms with Crippen molar-refractivity contribution in [3.05, 3.63) is 36.2 Å². The van der Waals surface area contributed by atoms with Crippen LogP contribution in [0.4, 0.5) is 0 Å². The summed E-state index contributed by atoms with van der Waals surface area (Å²) in [5.74, 6) is 0.763. The highest BCUT2D eigenvalue weighted by molar-refractivity contribution is 5.94. The second-order valence-electron chi connectivity index (χ2n) is 5.72. The summed E-state index contributed by atoms with van der Waals surface area (Å²) < 4.78 is 1.64. The minimum absolute atomic E-state index is 0.113. The highest BCUT2D eigenvalue weighted by Gasteiger charge is 2.10. The quantitative estimate of drug-likeness (QED) is 0.849. The Hall–Kier alpha value is -2.21. The SMILES string of the molecule is CC(O)CC(C)CNC(=O)c1ccc(-c2ncn(C)n2)cc1. The largest absolute Gasteiger partial charge is 0.393 e. The van der Waals surface area contributed by atoms with Gasteiger partial charge in [-0.2, -0.15) is 5.10 Å². The van der Waals surface area contributed by atoms with Gasteiger partial charge < -0.3 is 10.4 Å². The summed E-state index contributed by atoms with van der Waals surface area (Å²) >= 11 is 0. The average molecular weight is 302 g/mol. The van der Waals surface area contributed by atoms with E-state index in [9.17, 15) is 9.90 Å². The first-order valence-electron chi connectivity index (χ1n) is 7.38. The van der Waals surface area contributed by atoms with Gasteiger partial charge in [0, 0.05) is 24.7 Å². The molecule has 2 N–H and O–H groups in total. The lowest BCUT2D eigenvalue weighted by Gasteiger charge is -2.14. The number of rotatable bonds is 6. The molecule has 0 fully saturated rings. The second kappa shape index (κ2) is 7.17. The fraction of sp³-hybridized carbons (Fsp3) is 0.438. The molecule has 22 heavy (non-hydrogen) atoms. The average Bonchev–Trinajstić information content (AvgIpc) is 2.91. The molecule has 6 heteroatoms. The molecule has 0 spiro atoms. The van der Waals surface area contributed by atoms with Crippen LogP contribution in [0.15, 0.2) is 30.6 Å². The molecule has 1 heterocycles. The molecule has 0 saturated heterocycles. The molecule has 2 unspecified atom stereocenters. The zero-order chi connectivity index (χ0) is 16.1. The zero-order valence-corrected chi connectivity index (χ0v) is 13.2. The summed E-state index contributed by atoms with van der Waals surface area (Å²) in [5.41, 5.74) is 1.48. The first-order chi connectivity index (χ1) is 10.5. The van der Waals surface area contributed by atoms with Crippen molar-refractivity contribution in [2.24, 2.45) is 13.0 Å². The van der Waals surface area contributed by atoms with Gasteiger partial charge in [-0.1, -0.05) is 19.1 Å². The van der Waals surface area contributed by atoms with Gasteiger partial charge in [0.05, 0.1) is 6.10 Å². The number of aliphatic hydroxyl groups is 1. The van der Waals surface area contributed by atoms with Crippen molar-refractivity contribution in [2.45, 2.75) is 26.4 Å². The lowest BCUT2D eigenvalue weighted by molar-refractivity contribution is 0.0939. The molecule has 1 amide bonds. The van der Waals surface area contributed by atoms with Crippen molar-refractivity contribution < 1.29 is 9.90 Å². The summed E-state index contributed by atoms with van der Waals surface area (Å²) in [6, 6.07) is 7.20. The van der Waals surface area contributed by atoms with Gasteiger partial charge in [-0.25, -0.2) is 4.98 Å². The lowest BCUT2D eigenvalue weighted by atomic mass is 10.0. The first kappa shape index (κ1) is 16.2. The number of amides is 1. The Labute approximate surface area is 130 Å². The van der Waals surface area contributed by atoms with Crippen molar-refractivity contribution in [1.82, 2.24) is 20.1 Å². The molecule has 6 nitrogen and oxygen atoms in total. The Morgan fingerprint density at radius 1 is 1.32 bits per heavy atom. The maximum atomic E-state index is 12.1. The van der Waals surface area contributed by atoms with Crippen LogP contribution in [0.2, 0.25) is 0 Å². The fourth-order valence-electron chi connectivity index (χ4n) is 2.28. The molecule has 118 valence electrons. The van der Waals surface area contributed by atoms with E-state index in [1.165, 1.54) is 0 Å². The molecule has 2 rings (SSSR count). The van der Waals surface area contributed by atoms with Crippen molar-refractivity contribution in [3.63, 3.8) is 0 Å². The molecule has 0 aliphatic rings. The van der Waals surface area contributed by atoms with Gasteiger partial charge in [-0.15, -0.1) is 0 Å². The van der Waals surface area contributed by atoms with E-state index in [4.69, 9.17) is 0 Å². The Morgan fingerprint density at radius 3 is 2.55 bits per heavy atom. The van der Waals surface area contributed by atoms with E-state index < -0.39 is 0 Å². The zero-order valence-electron chi connectivity index (χ0n) is 13.2. The molecule has 1 aromatic heterocycles. The van der Waals surface area contributed by atoms with Crippen molar-refractivity contribution >= 4 is 5.91 Å². The maximum absolute atomic E-state index is 12.1. The molecule has 0 bridgehead atoms. The molecule has 0 radical (unpaired) electrons. The Morgan fingerprint density at radius 2 is 2.00 bits per heavy atom. The number of nitrogens with one attached hydrogen (secondary N) is 1. The van der Waals surface area contributed by atoms with Gasteiger partial charge in [0.1, 0.15) is 6.33 Å². The number of hydrogen-bond donors (Lipinski definition) is 2. The third-order valence-corrected chi connectivity index (χ3v) is 3.36. The molecule has 2 aromatic rings. The first-order valence-corrected chi connectivity index (χ1v) is 7.38. The van der Waals surface area contributed by atoms with Gasteiger partial charge >= 0.3 is 0 Å². The number of hydrogen-bond acceptors (Lipinski definition) is 4. The summed E-state index contributed by atoms with van der Waals surface area (Å²) in [6.07, 6.45) is 1.96. The van der Waals surface area contributed by atoms with E-state index in [-0.39, 0.29) is 17.9 Å². The summed E-state index contributed by atoms with van der Waals surface area (Å²) in [5, 5.41) is 16.4. The van der Waals surface area contributed by atoms with Crippen LogP contribution in [0.3, 0.4) is 0 Å². The number of carbonyl (C=O) groups is 1. The van der Waals surface area contributed by atoms with Crippen molar-refractivity contribution in [1.29, 1.82) is 0 Å². The van der Waals surface area contributed by atoms with Crippen molar-refractivity contribution in [2.75, 3.05) is 6.54 Å². The highest BCUT2D eigenvalue weighted by Crippen LogP contribution is 2.15. The number of benzene rings is 1. The minimum Gasteiger partial charge on any atom is -0.393 e. The van der Waals surface area contributed by atoms with Gasteiger partial charge in [-0.05, 0) is 31.4 Å². The Bertz CT molecular complexity index is 619. The van der Waals surface area contributed by atoms with E-state index in [0.29, 0.717) is 24.4 Å². The predicted octanol–water partition coefficient (Wildman–Crippen LogP) is 1.62. The van der Waals surface area contributed by atoms with Crippen LogP contribution >= 0.6 is 0 Å². The van der Waals surface area contributed by atoms with Crippen LogP contribution in [0, 0.1) is 5.92 Å². The normalized spacial score (nSPS) is 13.6. The molecule has 0 aliphatic carbocycles. The van der Waals surface area contributed by atoms with Crippen LogP contribution in [0.5, 0.6) is 0 Å². The number of carbonyl (C=O) groups excluding carboxylic acids is 1. The maximum Gasteiger partial charge on any atom is 0.251 e.